The number of halogens is 1. The summed E-state index contributed by atoms with van der Waals surface area (Å²) in [7, 11) is 0. The summed E-state index contributed by atoms with van der Waals surface area (Å²) >= 11 is 4.93. The summed E-state index contributed by atoms with van der Waals surface area (Å²) in [5.41, 5.74) is 3.36. The van der Waals surface area contributed by atoms with Crippen LogP contribution in [-0.4, -0.2) is 16.5 Å². The standard InChI is InChI=1S/C21H19BrN2OS/c1-4-9-26-20-15(12-23)18(13-5-7-14(22)8-6-13)19-16(24-20)10-21(2,3)11-17(19)25/h4-8H,1,9-11H2,2-3H3. The molecule has 0 radical (unpaired) electrons. The number of rotatable bonds is 4. The Kier molecular flexibility index (Phi) is 5.36. The van der Waals surface area contributed by atoms with Gasteiger partial charge < -0.3 is 0 Å². The van der Waals surface area contributed by atoms with Crippen LogP contribution in [0.5, 0.6) is 0 Å². The Morgan fingerprint density at radius 3 is 2.62 bits per heavy atom. The lowest BCUT2D eigenvalue weighted by atomic mass is 9.73. The van der Waals surface area contributed by atoms with Crippen LogP contribution in [0.25, 0.3) is 11.1 Å². The summed E-state index contributed by atoms with van der Waals surface area (Å²) in [4.78, 5) is 17.7. The highest BCUT2D eigenvalue weighted by atomic mass is 79.9. The molecule has 0 amide bonds. The first-order valence-electron chi connectivity index (χ1n) is 8.36. The normalized spacial score (nSPS) is 15.2. The first-order valence-corrected chi connectivity index (χ1v) is 10.1. The quantitative estimate of drug-likeness (QED) is 0.456. The van der Waals surface area contributed by atoms with Gasteiger partial charge in [-0.2, -0.15) is 5.26 Å². The number of carbonyl (C=O) groups excluding carboxylic acids is 1. The topological polar surface area (TPSA) is 53.8 Å². The highest BCUT2D eigenvalue weighted by molar-refractivity contribution is 9.10. The lowest BCUT2D eigenvalue weighted by Gasteiger charge is -2.31. The van der Waals surface area contributed by atoms with Gasteiger partial charge in [0.25, 0.3) is 0 Å². The monoisotopic (exact) mass is 426 g/mol. The van der Waals surface area contributed by atoms with E-state index in [0.717, 1.165) is 27.7 Å². The third-order valence-corrected chi connectivity index (χ3v) is 5.89. The number of pyridine rings is 1. The Labute approximate surface area is 166 Å². The third kappa shape index (κ3) is 3.62. The molecule has 0 saturated heterocycles. The van der Waals surface area contributed by atoms with E-state index in [2.05, 4.69) is 42.4 Å². The zero-order valence-electron chi connectivity index (χ0n) is 14.8. The number of fused-ring (bicyclic) bond motifs is 1. The maximum atomic E-state index is 13.0. The maximum Gasteiger partial charge on any atom is 0.165 e. The first-order chi connectivity index (χ1) is 12.4. The van der Waals surface area contributed by atoms with Crippen LogP contribution in [0.3, 0.4) is 0 Å². The van der Waals surface area contributed by atoms with Gasteiger partial charge in [0, 0.05) is 27.8 Å². The Morgan fingerprint density at radius 1 is 1.31 bits per heavy atom. The van der Waals surface area contributed by atoms with Gasteiger partial charge >= 0.3 is 0 Å². The number of nitriles is 1. The molecule has 0 unspecified atom stereocenters. The van der Waals surface area contributed by atoms with Crippen LogP contribution in [0.4, 0.5) is 0 Å². The average Bonchev–Trinajstić information content (AvgIpc) is 2.58. The van der Waals surface area contributed by atoms with Crippen molar-refractivity contribution in [2.75, 3.05) is 5.75 Å². The largest absolute Gasteiger partial charge is 0.294 e. The number of thioether (sulfide) groups is 1. The van der Waals surface area contributed by atoms with Crippen LogP contribution in [0.1, 0.15) is 41.9 Å². The molecule has 1 aliphatic rings. The molecule has 3 rings (SSSR count). The molecule has 0 aliphatic heterocycles. The van der Waals surface area contributed by atoms with Crippen molar-refractivity contribution in [2.45, 2.75) is 31.7 Å². The molecule has 1 aliphatic carbocycles. The highest BCUT2D eigenvalue weighted by Crippen LogP contribution is 2.42. The molecule has 0 N–H and O–H groups in total. The Balaban J connectivity index is 2.32. The van der Waals surface area contributed by atoms with Crippen LogP contribution in [0, 0.1) is 16.7 Å². The van der Waals surface area contributed by atoms with E-state index in [0.29, 0.717) is 28.3 Å². The number of nitrogens with zero attached hydrogens (tertiary/aromatic N) is 2. The summed E-state index contributed by atoms with van der Waals surface area (Å²) in [6.07, 6.45) is 2.99. The Morgan fingerprint density at radius 2 is 2.00 bits per heavy atom. The second-order valence-electron chi connectivity index (χ2n) is 7.15. The van der Waals surface area contributed by atoms with E-state index in [-0.39, 0.29) is 11.2 Å². The van der Waals surface area contributed by atoms with Crippen LogP contribution >= 0.6 is 27.7 Å². The van der Waals surface area contributed by atoms with Crippen molar-refractivity contribution in [3.05, 3.63) is 58.2 Å². The number of aromatic nitrogens is 1. The molecule has 1 aromatic carbocycles. The number of benzene rings is 1. The van der Waals surface area contributed by atoms with E-state index in [4.69, 9.17) is 4.98 Å². The van der Waals surface area contributed by atoms with E-state index in [1.54, 1.807) is 6.08 Å². The molecular formula is C21H19BrN2OS. The lowest BCUT2D eigenvalue weighted by molar-refractivity contribution is 0.0910. The molecule has 1 aromatic heterocycles. The molecular weight excluding hydrogens is 408 g/mol. The highest BCUT2D eigenvalue weighted by Gasteiger charge is 2.36. The summed E-state index contributed by atoms with van der Waals surface area (Å²) in [6.45, 7) is 7.93. The fourth-order valence-electron chi connectivity index (χ4n) is 3.33. The SMILES string of the molecule is C=CCSc1nc2c(c(-c3ccc(Br)cc3)c1C#N)C(=O)CC(C)(C)C2. The second-order valence-corrected chi connectivity index (χ2v) is 9.07. The van der Waals surface area contributed by atoms with Crippen molar-refractivity contribution in [3.8, 4) is 17.2 Å². The van der Waals surface area contributed by atoms with Crippen LogP contribution in [0.2, 0.25) is 0 Å². The molecule has 0 spiro atoms. The van der Waals surface area contributed by atoms with E-state index < -0.39 is 0 Å². The number of ketones is 1. The summed E-state index contributed by atoms with van der Waals surface area (Å²) in [5, 5.41) is 10.5. The van der Waals surface area contributed by atoms with Crippen molar-refractivity contribution in [3.63, 3.8) is 0 Å². The molecule has 26 heavy (non-hydrogen) atoms. The molecule has 0 atom stereocenters. The van der Waals surface area contributed by atoms with Gasteiger partial charge in [-0.1, -0.05) is 48.0 Å². The van der Waals surface area contributed by atoms with Gasteiger partial charge in [0.15, 0.2) is 5.78 Å². The van der Waals surface area contributed by atoms with Gasteiger partial charge in [0.05, 0.1) is 11.3 Å². The van der Waals surface area contributed by atoms with Gasteiger partial charge in [-0.25, -0.2) is 4.98 Å². The van der Waals surface area contributed by atoms with E-state index >= 15 is 0 Å². The average molecular weight is 427 g/mol. The van der Waals surface area contributed by atoms with E-state index in [1.807, 2.05) is 24.3 Å². The van der Waals surface area contributed by atoms with Gasteiger partial charge in [0.1, 0.15) is 11.1 Å². The van der Waals surface area contributed by atoms with Crippen molar-refractivity contribution < 1.29 is 4.79 Å². The summed E-state index contributed by atoms with van der Waals surface area (Å²) in [6, 6.07) is 10.0. The predicted octanol–water partition coefficient (Wildman–Crippen LogP) is 5.82. The summed E-state index contributed by atoms with van der Waals surface area (Å²) < 4.78 is 0.955. The van der Waals surface area contributed by atoms with Gasteiger partial charge in [-0.3, -0.25) is 4.79 Å². The minimum atomic E-state index is -0.122. The van der Waals surface area contributed by atoms with Crippen molar-refractivity contribution >= 4 is 33.5 Å². The van der Waals surface area contributed by atoms with Gasteiger partial charge in [-0.15, -0.1) is 18.3 Å². The number of carbonyl (C=O) groups is 1. The van der Waals surface area contributed by atoms with Crippen LogP contribution in [-0.2, 0) is 6.42 Å². The summed E-state index contributed by atoms with van der Waals surface area (Å²) in [5.74, 6) is 0.732. The molecule has 1 heterocycles. The van der Waals surface area contributed by atoms with Crippen LogP contribution < -0.4 is 0 Å². The number of hydrogen-bond donors (Lipinski definition) is 0. The third-order valence-electron chi connectivity index (χ3n) is 4.39. The lowest BCUT2D eigenvalue weighted by Crippen LogP contribution is -2.29. The molecule has 132 valence electrons. The number of hydrogen-bond acceptors (Lipinski definition) is 4. The fourth-order valence-corrected chi connectivity index (χ4v) is 4.34. The van der Waals surface area contributed by atoms with E-state index in [9.17, 15) is 10.1 Å². The van der Waals surface area contributed by atoms with Crippen molar-refractivity contribution in [2.24, 2.45) is 5.41 Å². The molecule has 3 nitrogen and oxygen atoms in total. The molecule has 0 bridgehead atoms. The minimum absolute atomic E-state index is 0.0680. The minimum Gasteiger partial charge on any atom is -0.294 e. The zero-order valence-corrected chi connectivity index (χ0v) is 17.2. The van der Waals surface area contributed by atoms with Gasteiger partial charge in [0.2, 0.25) is 0 Å². The molecule has 0 saturated carbocycles. The van der Waals surface area contributed by atoms with E-state index in [1.165, 1.54) is 11.8 Å². The molecule has 0 fully saturated rings. The Bertz CT molecular complexity index is 927. The van der Waals surface area contributed by atoms with Crippen LogP contribution in [0.15, 0.2) is 46.4 Å². The van der Waals surface area contributed by atoms with Crippen molar-refractivity contribution in [1.82, 2.24) is 4.98 Å². The number of Topliss-reactive ketones (excluding diaryl/α,β-unsaturated/α-hetero) is 1. The molecule has 5 heteroatoms. The van der Waals surface area contributed by atoms with Crippen molar-refractivity contribution in [1.29, 1.82) is 5.26 Å². The predicted molar refractivity (Wildman–Crippen MR) is 109 cm³/mol. The molecule has 2 aromatic rings. The smallest absolute Gasteiger partial charge is 0.165 e. The fraction of sp³-hybridized carbons (Fsp3) is 0.286. The second kappa shape index (κ2) is 7.38. The first kappa shape index (κ1) is 18.9. The van der Waals surface area contributed by atoms with Gasteiger partial charge in [-0.05, 0) is 29.5 Å². The Hall–Kier alpha value is -1.90. The zero-order chi connectivity index (χ0) is 18.9. The maximum absolute atomic E-state index is 13.0.